The van der Waals surface area contributed by atoms with Gasteiger partial charge in [-0.3, -0.25) is 19.3 Å². The van der Waals surface area contributed by atoms with Crippen LogP contribution in [0.25, 0.3) is 0 Å². The first-order valence-electron chi connectivity index (χ1n) is 14.0. The molecule has 2 bridgehead atoms. The van der Waals surface area contributed by atoms with Crippen molar-refractivity contribution >= 4 is 5.91 Å². The van der Waals surface area contributed by atoms with E-state index in [-0.39, 0.29) is 35.4 Å². The normalized spacial score (nSPS) is 17.4. The monoisotopic (exact) mass is 535 g/mol. The Morgan fingerprint density at radius 1 is 0.800 bits per heavy atom. The summed E-state index contributed by atoms with van der Waals surface area (Å²) >= 11 is 0. The molecule has 0 saturated heterocycles. The zero-order valence-electron chi connectivity index (χ0n) is 22.4. The molecule has 0 spiro atoms. The Labute approximate surface area is 234 Å². The highest BCUT2D eigenvalue weighted by Crippen LogP contribution is 2.37. The van der Waals surface area contributed by atoms with Crippen LogP contribution in [0.3, 0.4) is 0 Å². The minimum absolute atomic E-state index is 0.0757. The lowest BCUT2D eigenvalue weighted by Gasteiger charge is -2.44. The topological polar surface area (TPSA) is 64.0 Å². The van der Waals surface area contributed by atoms with Gasteiger partial charge in [0, 0.05) is 24.4 Å². The van der Waals surface area contributed by atoms with E-state index in [9.17, 15) is 9.59 Å². The molecule has 3 aromatic carbocycles. The van der Waals surface area contributed by atoms with E-state index in [4.69, 9.17) is 9.47 Å². The van der Waals surface area contributed by atoms with E-state index in [1.54, 1.807) is 6.20 Å². The third-order valence-corrected chi connectivity index (χ3v) is 7.55. The van der Waals surface area contributed by atoms with Crippen LogP contribution in [0.1, 0.15) is 58.9 Å². The maximum absolute atomic E-state index is 14.0. The summed E-state index contributed by atoms with van der Waals surface area (Å²) < 4.78 is 14.3. The van der Waals surface area contributed by atoms with E-state index >= 15 is 0 Å². The molecule has 0 fully saturated rings. The number of pyridine rings is 1. The summed E-state index contributed by atoms with van der Waals surface area (Å²) in [5.74, 6) is 0.706. The van der Waals surface area contributed by atoms with Crippen molar-refractivity contribution in [1.29, 1.82) is 0 Å². The van der Waals surface area contributed by atoms with Crippen molar-refractivity contribution in [3.05, 3.63) is 130 Å². The number of hydrogen-bond acceptors (Lipinski definition) is 5. The van der Waals surface area contributed by atoms with Crippen molar-refractivity contribution in [2.45, 2.75) is 38.3 Å². The van der Waals surface area contributed by atoms with Gasteiger partial charge in [0.25, 0.3) is 5.91 Å². The van der Waals surface area contributed by atoms with Crippen LogP contribution in [0, 0.1) is 0 Å². The summed E-state index contributed by atoms with van der Waals surface area (Å²) in [6.45, 7) is 1.79. The minimum atomic E-state index is -0.310. The number of fused-ring (bicyclic) bond motifs is 5. The highest BCUT2D eigenvalue weighted by Gasteiger charge is 2.37. The molecule has 7 nitrogen and oxygen atoms in total. The molecule has 204 valence electrons. The standard InChI is InChI=1S/C33H33N3O4/c37-28-19-21-35-31(32(28)40-23-25-13-5-3-6-14-25)33(38)34-20-11-1-2-12-22-39-29-18-10-9-17-27(29)30(36(35)24-34)26-15-7-4-8-16-26/h3-10,13-19,21,30H,1-2,11-12,20,22-24H2/t30-/m0/s1. The van der Waals surface area contributed by atoms with Gasteiger partial charge in [-0.25, -0.2) is 0 Å². The Hall–Kier alpha value is -4.52. The van der Waals surface area contributed by atoms with E-state index in [0.717, 1.165) is 48.1 Å². The molecule has 7 heteroatoms. The number of benzene rings is 3. The van der Waals surface area contributed by atoms with Gasteiger partial charge in [-0.2, -0.15) is 0 Å². The number of para-hydroxylation sites is 1. The third kappa shape index (κ3) is 5.19. The van der Waals surface area contributed by atoms with E-state index in [0.29, 0.717) is 19.8 Å². The van der Waals surface area contributed by atoms with Crippen LogP contribution < -0.4 is 19.9 Å². The predicted molar refractivity (Wildman–Crippen MR) is 154 cm³/mol. The molecule has 1 aromatic heterocycles. The van der Waals surface area contributed by atoms with Gasteiger partial charge < -0.3 is 14.4 Å². The molecular formula is C33H33N3O4. The van der Waals surface area contributed by atoms with Gasteiger partial charge in [0.15, 0.2) is 11.4 Å². The van der Waals surface area contributed by atoms with Crippen LogP contribution >= 0.6 is 0 Å². The summed E-state index contributed by atoms with van der Waals surface area (Å²) in [5, 5.41) is 2.14. The second kappa shape index (κ2) is 11.7. The smallest absolute Gasteiger partial charge is 0.277 e. The van der Waals surface area contributed by atoms with Gasteiger partial charge in [-0.1, -0.05) is 91.7 Å². The Morgan fingerprint density at radius 2 is 1.52 bits per heavy atom. The molecule has 6 rings (SSSR count). The first-order valence-corrected chi connectivity index (χ1v) is 14.0. The van der Waals surface area contributed by atoms with Crippen LogP contribution in [0.2, 0.25) is 0 Å². The quantitative estimate of drug-likeness (QED) is 0.344. The van der Waals surface area contributed by atoms with Gasteiger partial charge >= 0.3 is 0 Å². The molecule has 0 unspecified atom stereocenters. The fourth-order valence-corrected chi connectivity index (χ4v) is 5.55. The maximum Gasteiger partial charge on any atom is 0.277 e. The maximum atomic E-state index is 14.0. The van der Waals surface area contributed by atoms with Gasteiger partial charge in [-0.15, -0.1) is 0 Å². The second-order valence-electron chi connectivity index (χ2n) is 10.2. The second-order valence-corrected chi connectivity index (χ2v) is 10.2. The number of amides is 1. The van der Waals surface area contributed by atoms with Crippen LogP contribution in [0.15, 0.2) is 102 Å². The van der Waals surface area contributed by atoms with Crippen LogP contribution in [0.4, 0.5) is 0 Å². The van der Waals surface area contributed by atoms with Crippen molar-refractivity contribution in [3.63, 3.8) is 0 Å². The van der Waals surface area contributed by atoms with Crippen LogP contribution in [-0.2, 0) is 6.61 Å². The van der Waals surface area contributed by atoms with Gasteiger partial charge in [0.05, 0.1) is 6.61 Å². The van der Waals surface area contributed by atoms with Crippen molar-refractivity contribution < 1.29 is 14.3 Å². The fraction of sp³-hybridized carbons (Fsp3) is 0.273. The highest BCUT2D eigenvalue weighted by molar-refractivity contribution is 5.96. The molecule has 40 heavy (non-hydrogen) atoms. The number of rotatable bonds is 4. The molecule has 3 heterocycles. The summed E-state index contributed by atoms with van der Waals surface area (Å²) in [6.07, 6.45) is 5.54. The van der Waals surface area contributed by atoms with Crippen LogP contribution in [-0.4, -0.2) is 35.3 Å². The van der Waals surface area contributed by atoms with Crippen molar-refractivity contribution in [1.82, 2.24) is 9.58 Å². The zero-order valence-corrected chi connectivity index (χ0v) is 22.4. The summed E-state index contributed by atoms with van der Waals surface area (Å²) in [5.41, 5.74) is 2.92. The Morgan fingerprint density at radius 3 is 2.35 bits per heavy atom. The summed E-state index contributed by atoms with van der Waals surface area (Å²) in [6, 6.07) is 29.2. The molecule has 0 N–H and O–H groups in total. The predicted octanol–water partition coefficient (Wildman–Crippen LogP) is 5.52. The molecule has 0 aliphatic carbocycles. The van der Waals surface area contributed by atoms with Crippen molar-refractivity contribution in [3.8, 4) is 11.5 Å². The Bertz CT molecular complexity index is 1520. The average Bonchev–Trinajstić information content (AvgIpc) is 3.00. The summed E-state index contributed by atoms with van der Waals surface area (Å²) in [7, 11) is 0. The molecular weight excluding hydrogens is 502 g/mol. The van der Waals surface area contributed by atoms with Gasteiger partial charge in [-0.05, 0) is 30.0 Å². The molecule has 4 aromatic rings. The van der Waals surface area contributed by atoms with E-state index in [1.165, 1.54) is 6.07 Å². The molecule has 0 radical (unpaired) electrons. The molecule has 0 saturated carbocycles. The molecule has 1 amide bonds. The van der Waals surface area contributed by atoms with Crippen molar-refractivity contribution in [2.75, 3.05) is 24.8 Å². The highest BCUT2D eigenvalue weighted by atomic mass is 16.5. The zero-order chi connectivity index (χ0) is 27.3. The van der Waals surface area contributed by atoms with Crippen LogP contribution in [0.5, 0.6) is 11.5 Å². The number of ether oxygens (including phenoxy) is 2. The lowest BCUT2D eigenvalue weighted by atomic mass is 9.97. The fourth-order valence-electron chi connectivity index (χ4n) is 5.55. The van der Waals surface area contributed by atoms with E-state index in [2.05, 4.69) is 23.2 Å². The largest absolute Gasteiger partial charge is 0.493 e. The molecule has 2 aliphatic heterocycles. The molecule has 2 aliphatic rings. The first kappa shape index (κ1) is 25.7. The number of nitrogens with zero attached hydrogens (tertiary/aromatic N) is 3. The third-order valence-electron chi connectivity index (χ3n) is 7.55. The Kier molecular flexibility index (Phi) is 7.53. The van der Waals surface area contributed by atoms with Crippen molar-refractivity contribution in [2.24, 2.45) is 0 Å². The lowest BCUT2D eigenvalue weighted by molar-refractivity contribution is 0.0673. The van der Waals surface area contributed by atoms with E-state index in [1.807, 2.05) is 76.3 Å². The Balaban J connectivity index is 1.52. The minimum Gasteiger partial charge on any atom is -0.493 e. The van der Waals surface area contributed by atoms with Gasteiger partial charge in [0.1, 0.15) is 25.1 Å². The number of carbonyl (C=O) groups excluding carboxylic acids is 1. The lowest BCUT2D eigenvalue weighted by Crippen LogP contribution is -2.55. The first-order chi connectivity index (χ1) is 19.7. The van der Waals surface area contributed by atoms with E-state index < -0.39 is 0 Å². The van der Waals surface area contributed by atoms with Gasteiger partial charge in [0.2, 0.25) is 5.43 Å². The average molecular weight is 536 g/mol. The summed E-state index contributed by atoms with van der Waals surface area (Å²) in [4.78, 5) is 29.1. The number of hydrogen-bond donors (Lipinski definition) is 0. The SMILES string of the molecule is O=C1c2c(OCc3ccccc3)c(=O)ccn2N2CN1CCCCCCOc1ccccc1[C@@H]2c1ccccc1. The molecule has 1 atom stereocenters. The number of aromatic nitrogens is 1. The number of carbonyl (C=O) groups is 1.